The first-order chi connectivity index (χ1) is 17.8. The Morgan fingerprint density at radius 1 is 0.649 bits per heavy atom. The van der Waals surface area contributed by atoms with Gasteiger partial charge in [0.1, 0.15) is 12.2 Å². The number of benzene rings is 3. The van der Waals surface area contributed by atoms with Gasteiger partial charge in [-0.05, 0) is 63.1 Å². The number of hydrogen-bond acceptors (Lipinski definition) is 4. The van der Waals surface area contributed by atoms with Gasteiger partial charge in [0, 0.05) is 12.1 Å². The van der Waals surface area contributed by atoms with E-state index in [4.69, 9.17) is 9.47 Å². The molecule has 0 radical (unpaired) electrons. The number of hydrogen-bond donors (Lipinski definition) is 2. The summed E-state index contributed by atoms with van der Waals surface area (Å²) in [4.78, 5) is 25.2. The van der Waals surface area contributed by atoms with Crippen LogP contribution < -0.4 is 10.6 Å². The lowest BCUT2D eigenvalue weighted by molar-refractivity contribution is 0.0499. The van der Waals surface area contributed by atoms with E-state index in [2.05, 4.69) is 10.6 Å². The van der Waals surface area contributed by atoms with Crippen molar-refractivity contribution in [1.29, 1.82) is 0 Å². The second-order valence-corrected chi connectivity index (χ2v) is 10.2. The van der Waals surface area contributed by atoms with Crippen LogP contribution in [0, 0.1) is 0 Å². The molecule has 0 aromatic heterocycles. The number of carbonyl (C=O) groups excluding carboxylic acids is 2. The summed E-state index contributed by atoms with van der Waals surface area (Å²) >= 11 is 0. The lowest BCUT2D eigenvalue weighted by Gasteiger charge is -2.26. The van der Waals surface area contributed by atoms with Crippen molar-refractivity contribution >= 4 is 12.2 Å². The van der Waals surface area contributed by atoms with E-state index >= 15 is 0 Å². The number of nitrogens with one attached hydrogen (secondary N) is 2. The van der Waals surface area contributed by atoms with Crippen molar-refractivity contribution in [1.82, 2.24) is 10.6 Å². The molecule has 6 nitrogen and oxygen atoms in total. The van der Waals surface area contributed by atoms with Crippen molar-refractivity contribution < 1.29 is 19.1 Å². The summed E-state index contributed by atoms with van der Waals surface area (Å²) in [6.07, 6.45) is 1.74. The molecular weight excluding hydrogens is 464 g/mol. The average molecular weight is 503 g/mol. The van der Waals surface area contributed by atoms with Gasteiger partial charge < -0.3 is 20.1 Å². The summed E-state index contributed by atoms with van der Waals surface area (Å²) in [5, 5.41) is 6.08. The van der Waals surface area contributed by atoms with Gasteiger partial charge in [-0.3, -0.25) is 0 Å². The normalized spacial score (nSPS) is 12.7. The molecule has 6 heteroatoms. The number of alkyl carbamates (subject to hydrolysis) is 2. The third kappa shape index (κ3) is 11.2. The molecular formula is C31H38N2O4. The highest BCUT2D eigenvalue weighted by atomic mass is 16.6. The minimum absolute atomic E-state index is 0.155. The van der Waals surface area contributed by atoms with Crippen molar-refractivity contribution in [2.75, 3.05) is 0 Å². The van der Waals surface area contributed by atoms with Crippen LogP contribution in [0.5, 0.6) is 0 Å². The standard InChI is InChI=1S/C31H38N2O4/c1-31(2,3)37-30(35)33-28(22-25-15-9-5-10-16-25)20-19-27(21-24-13-7-4-8-14-24)32-29(34)36-23-26-17-11-6-12-18-26/h4-18,27-28H,19-23H2,1-3H3,(H,32,34)(H,33,35)/t27-,28-/m0/s1. The van der Waals surface area contributed by atoms with Gasteiger partial charge >= 0.3 is 12.2 Å². The number of carbonyl (C=O) groups is 2. The fourth-order valence-corrected chi connectivity index (χ4v) is 4.06. The quantitative estimate of drug-likeness (QED) is 0.316. The molecule has 3 aromatic carbocycles. The molecule has 0 aliphatic heterocycles. The fourth-order valence-electron chi connectivity index (χ4n) is 4.06. The van der Waals surface area contributed by atoms with E-state index in [1.54, 1.807) is 0 Å². The number of rotatable bonds is 11. The van der Waals surface area contributed by atoms with Crippen LogP contribution in [0.2, 0.25) is 0 Å². The van der Waals surface area contributed by atoms with Gasteiger partial charge in [-0.15, -0.1) is 0 Å². The summed E-state index contributed by atoms with van der Waals surface area (Å²) in [6.45, 7) is 5.75. The molecule has 0 unspecified atom stereocenters. The highest BCUT2D eigenvalue weighted by Crippen LogP contribution is 2.15. The minimum Gasteiger partial charge on any atom is -0.445 e. The van der Waals surface area contributed by atoms with Crippen LogP contribution in [0.25, 0.3) is 0 Å². The molecule has 0 aliphatic carbocycles. The van der Waals surface area contributed by atoms with Crippen LogP contribution >= 0.6 is 0 Å². The van der Waals surface area contributed by atoms with E-state index < -0.39 is 17.8 Å². The summed E-state index contributed by atoms with van der Waals surface area (Å²) in [5.41, 5.74) is 2.59. The number of ether oxygens (including phenoxy) is 2. The molecule has 3 rings (SSSR count). The Hall–Kier alpha value is -3.80. The first kappa shape index (κ1) is 27.8. The predicted molar refractivity (Wildman–Crippen MR) is 146 cm³/mol. The Kier molecular flexibility index (Phi) is 10.6. The fraction of sp³-hybridized carbons (Fsp3) is 0.355. The largest absolute Gasteiger partial charge is 0.445 e. The van der Waals surface area contributed by atoms with Gasteiger partial charge in [0.2, 0.25) is 0 Å². The van der Waals surface area contributed by atoms with Crippen LogP contribution in [-0.4, -0.2) is 29.9 Å². The third-order valence-corrected chi connectivity index (χ3v) is 5.77. The molecule has 37 heavy (non-hydrogen) atoms. The zero-order chi connectivity index (χ0) is 26.5. The summed E-state index contributed by atoms with van der Waals surface area (Å²) in [6, 6.07) is 29.4. The van der Waals surface area contributed by atoms with Crippen molar-refractivity contribution in [3.05, 3.63) is 108 Å². The molecule has 0 spiro atoms. The van der Waals surface area contributed by atoms with Crippen LogP contribution in [0.3, 0.4) is 0 Å². The Balaban J connectivity index is 1.66. The Morgan fingerprint density at radius 2 is 1.05 bits per heavy atom. The zero-order valence-corrected chi connectivity index (χ0v) is 22.0. The highest BCUT2D eigenvalue weighted by molar-refractivity contribution is 5.68. The average Bonchev–Trinajstić information content (AvgIpc) is 2.86. The molecule has 2 amide bonds. The molecule has 0 bridgehead atoms. The van der Waals surface area contributed by atoms with Crippen molar-refractivity contribution in [3.63, 3.8) is 0 Å². The van der Waals surface area contributed by atoms with Crippen LogP contribution in [0.15, 0.2) is 91.0 Å². The third-order valence-electron chi connectivity index (χ3n) is 5.77. The maximum atomic E-state index is 12.7. The monoisotopic (exact) mass is 502 g/mol. The molecule has 196 valence electrons. The lowest BCUT2D eigenvalue weighted by Crippen LogP contribution is -2.42. The maximum absolute atomic E-state index is 12.7. The summed E-state index contributed by atoms with van der Waals surface area (Å²) in [7, 11) is 0. The summed E-state index contributed by atoms with van der Waals surface area (Å²) in [5.74, 6) is 0. The van der Waals surface area contributed by atoms with E-state index in [0.717, 1.165) is 16.7 Å². The molecule has 0 heterocycles. The highest BCUT2D eigenvalue weighted by Gasteiger charge is 2.22. The smallest absolute Gasteiger partial charge is 0.407 e. The lowest BCUT2D eigenvalue weighted by atomic mass is 9.96. The van der Waals surface area contributed by atoms with Crippen molar-refractivity contribution in [2.24, 2.45) is 0 Å². The molecule has 0 saturated carbocycles. The second kappa shape index (κ2) is 14.1. The minimum atomic E-state index is -0.582. The van der Waals surface area contributed by atoms with E-state index in [1.807, 2.05) is 112 Å². The van der Waals surface area contributed by atoms with E-state index in [0.29, 0.717) is 25.7 Å². The predicted octanol–water partition coefficient (Wildman–Crippen LogP) is 6.44. The van der Waals surface area contributed by atoms with Gasteiger partial charge in [-0.25, -0.2) is 9.59 Å². The maximum Gasteiger partial charge on any atom is 0.407 e. The topological polar surface area (TPSA) is 76.7 Å². The van der Waals surface area contributed by atoms with Crippen LogP contribution in [0.1, 0.15) is 50.3 Å². The molecule has 0 aliphatic rings. The zero-order valence-electron chi connectivity index (χ0n) is 22.0. The Bertz CT molecular complexity index is 1080. The summed E-state index contributed by atoms with van der Waals surface area (Å²) < 4.78 is 11.0. The number of amides is 2. The molecule has 0 fully saturated rings. The van der Waals surface area contributed by atoms with E-state index in [-0.39, 0.29) is 18.7 Å². The molecule has 2 N–H and O–H groups in total. The van der Waals surface area contributed by atoms with Crippen molar-refractivity contribution in [3.8, 4) is 0 Å². The van der Waals surface area contributed by atoms with Crippen LogP contribution in [0.4, 0.5) is 9.59 Å². The first-order valence-electron chi connectivity index (χ1n) is 12.8. The molecule has 0 saturated heterocycles. The van der Waals surface area contributed by atoms with Gasteiger partial charge in [-0.1, -0.05) is 91.0 Å². The van der Waals surface area contributed by atoms with E-state index in [9.17, 15) is 9.59 Å². The van der Waals surface area contributed by atoms with Crippen LogP contribution in [-0.2, 0) is 28.9 Å². The van der Waals surface area contributed by atoms with Crippen molar-refractivity contribution in [2.45, 2.75) is 70.7 Å². The first-order valence-corrected chi connectivity index (χ1v) is 12.8. The van der Waals surface area contributed by atoms with E-state index in [1.165, 1.54) is 0 Å². The molecule has 2 atom stereocenters. The molecule has 3 aromatic rings. The second-order valence-electron chi connectivity index (χ2n) is 10.2. The SMILES string of the molecule is CC(C)(C)OC(=O)N[C@@H](CC[C@@H](Cc1ccccc1)NC(=O)OCc1ccccc1)Cc1ccccc1. The Labute approximate surface area is 220 Å². The van der Waals surface area contributed by atoms with Gasteiger partial charge in [0.25, 0.3) is 0 Å². The van der Waals surface area contributed by atoms with Gasteiger partial charge in [0.05, 0.1) is 0 Å². The van der Waals surface area contributed by atoms with Gasteiger partial charge in [-0.2, -0.15) is 0 Å². The van der Waals surface area contributed by atoms with Gasteiger partial charge in [0.15, 0.2) is 0 Å². The Morgan fingerprint density at radius 3 is 1.49 bits per heavy atom.